The molecule has 0 bridgehead atoms. The van der Waals surface area contributed by atoms with E-state index in [-0.39, 0.29) is 0 Å². The molecule has 16 aromatic rings. The molecule has 0 aromatic heterocycles. The minimum absolute atomic E-state index is 0.765. The smallest absolute Gasteiger partial charge is 0.144 e. The van der Waals surface area contributed by atoms with Crippen LogP contribution >= 0.6 is 75.5 Å². The van der Waals surface area contributed by atoms with Gasteiger partial charge in [-0.15, -0.1) is 0 Å². The van der Waals surface area contributed by atoms with Gasteiger partial charge in [-0.2, -0.15) is 0 Å². The first-order valence-corrected chi connectivity index (χ1v) is 45.7. The molecule has 4 nitrogen and oxygen atoms in total. The number of hydrogen-bond donors (Lipinski definition) is 0. The maximum absolute atomic E-state index is 8.58. The van der Waals surface area contributed by atoms with E-state index in [1.165, 1.54) is 84.9 Å². The third kappa shape index (κ3) is 18.5. The Kier molecular flexibility index (Phi) is 27.7. The van der Waals surface area contributed by atoms with Crippen LogP contribution in [-0.4, -0.2) is 9.05 Å². The molecule has 0 heterocycles. The Balaban J connectivity index is 0.000000133. The van der Waals surface area contributed by atoms with Gasteiger partial charge in [0.2, 0.25) is 0 Å². The summed E-state index contributed by atoms with van der Waals surface area (Å²) in [5.74, 6) is 0. The summed E-state index contributed by atoms with van der Waals surface area (Å²) in [4.78, 5) is 34.3. The summed E-state index contributed by atoms with van der Waals surface area (Å²) in [7, 11) is -13.5. The molecule has 0 aliphatic carbocycles. The fourth-order valence-corrected chi connectivity index (χ4v) is 31.5. The third-order valence-electron chi connectivity index (χ3n) is 18.6. The zero-order chi connectivity index (χ0) is 75.8. The fraction of sp³-hybridized carbons (Fsp3) is 0. The van der Waals surface area contributed by atoms with Crippen LogP contribution in [0.4, 0.5) is 0 Å². The molecule has 0 spiro atoms. The summed E-state index contributed by atoms with van der Waals surface area (Å²) < 4.78 is 0. The van der Waals surface area contributed by atoms with E-state index < -0.39 is 38.1 Å². The first kappa shape index (κ1) is 79.0. The maximum atomic E-state index is 8.58. The lowest BCUT2D eigenvalue weighted by Crippen LogP contribution is -2.82. The Morgan fingerprint density at radius 1 is 0.128 bits per heavy atom. The molecule has 109 heavy (non-hydrogen) atoms. The van der Waals surface area contributed by atoms with E-state index in [2.05, 4.69) is 413 Å². The molecule has 0 atom stereocenters. The van der Waals surface area contributed by atoms with Gasteiger partial charge in [0.1, 0.15) is 114 Å². The van der Waals surface area contributed by atoms with Crippen LogP contribution in [0.3, 0.4) is 0 Å². The second-order valence-corrected chi connectivity index (χ2v) is 41.5. The quantitative estimate of drug-likeness (QED) is 0.0712. The molecule has 0 fully saturated rings. The second-order valence-electron chi connectivity index (χ2n) is 25.1. The normalized spacial score (nSPS) is 11.3. The largest absolute Gasteiger partial charge is 0.894 e. The summed E-state index contributed by atoms with van der Waals surface area (Å²) in [5, 5.41) is 24.5. The summed E-state index contributed by atoms with van der Waals surface area (Å²) in [5.41, 5.74) is 0. The topological polar surface area (TPSA) is 92.2 Å². The first-order chi connectivity index (χ1) is 53.3. The van der Waals surface area contributed by atoms with Crippen LogP contribution in [0.25, 0.3) is 0 Å². The second kappa shape index (κ2) is 38.2. The van der Waals surface area contributed by atoms with Crippen molar-refractivity contribution >= 4 is 169 Å². The maximum Gasteiger partial charge on any atom is 0.144 e. The molecule has 0 saturated carbocycles. The van der Waals surface area contributed by atoms with E-state index in [0.717, 1.165) is 20.1 Å². The van der Waals surface area contributed by atoms with Gasteiger partial charge in [0.05, 0.1) is 0 Å². The van der Waals surface area contributed by atoms with Crippen molar-refractivity contribution in [2.24, 2.45) is 0 Å². The van der Waals surface area contributed by atoms with Gasteiger partial charge in [0.15, 0.2) is 0 Å². The van der Waals surface area contributed by atoms with Crippen molar-refractivity contribution in [1.82, 2.24) is 0 Å². The summed E-state index contributed by atoms with van der Waals surface area (Å²) in [6.45, 7) is 0. The van der Waals surface area contributed by atoms with Crippen LogP contribution in [0.2, 0.25) is 20.1 Å². The van der Waals surface area contributed by atoms with Crippen LogP contribution < -0.4 is 104 Å². The third-order valence-corrected chi connectivity index (χ3v) is 36.7. The predicted octanol–water partition coefficient (Wildman–Crippen LogP) is 14.7. The highest BCUT2D eigenvalue weighted by atomic mass is 35.5. The van der Waals surface area contributed by atoms with Gasteiger partial charge in [0, 0.05) is 20.1 Å². The van der Waals surface area contributed by atoms with Crippen LogP contribution in [-0.2, 0) is 0 Å². The van der Waals surface area contributed by atoms with E-state index in [1.807, 2.05) is 48.5 Å². The van der Waals surface area contributed by atoms with Crippen LogP contribution in [0.15, 0.2) is 461 Å². The Morgan fingerprint density at radius 2 is 0.202 bits per heavy atom. The van der Waals surface area contributed by atoms with E-state index in [9.17, 15) is 0 Å². The average Bonchev–Trinajstić information content (AvgIpc) is 0.759. The molecule has 0 amide bonds. The molecule has 0 N–H and O–H groups in total. The molecule has 536 valence electrons. The van der Waals surface area contributed by atoms with Crippen molar-refractivity contribution in [1.29, 1.82) is 0 Å². The van der Waals surface area contributed by atoms with E-state index in [1.54, 1.807) is 0 Å². The monoisotopic (exact) mass is 1580 g/mol. The van der Waals surface area contributed by atoms with E-state index in [0.29, 0.717) is 0 Å². The molecular formula is C96H76Cl4O4P4Si. The molecule has 0 aliphatic heterocycles. The SMILES string of the molecule is Clc1ccc([P+](c2ccccc2)(c2ccccc2)c2ccccc2)cc1.Clc1ccc([P+](c2ccccc2)(c2ccccc2)c2ccccc2)cc1.Clc1ccc([P+](c2ccccc2)(c2ccccc2)c2ccccc2)cc1.Clc1ccc([P+](c2ccccc2)(c2ccccc2)c2ccccc2)cc1.[O-][Si]([O-])([O-])[O-]. The van der Waals surface area contributed by atoms with Crippen molar-refractivity contribution in [3.63, 3.8) is 0 Å². The predicted molar refractivity (Wildman–Crippen MR) is 471 cm³/mol. The standard InChI is InChI=1S/4C24H19ClP.O4Si/c4*25-20-16-18-24(19-17-20)26(21-10-4-1-5-11-21,22-12-6-2-7-13-22)23-14-8-3-9-15-23;1-5(2,3)4/h4*1-19H;/q4*+1;-4. The van der Waals surface area contributed by atoms with Crippen molar-refractivity contribution < 1.29 is 19.2 Å². The molecule has 16 rings (SSSR count). The molecule has 0 radical (unpaired) electrons. The number of hydrogen-bond acceptors (Lipinski definition) is 4. The van der Waals surface area contributed by atoms with Crippen LogP contribution in [0, 0.1) is 0 Å². The highest BCUT2D eigenvalue weighted by molar-refractivity contribution is 8.03. The van der Waals surface area contributed by atoms with Crippen LogP contribution in [0.5, 0.6) is 0 Å². The minimum Gasteiger partial charge on any atom is -0.894 e. The summed E-state index contributed by atoms with van der Waals surface area (Å²) in [6, 6.07) is 164. The van der Waals surface area contributed by atoms with Crippen molar-refractivity contribution in [2.75, 3.05) is 0 Å². The molecule has 16 aromatic carbocycles. The number of halogens is 4. The highest BCUT2D eigenvalue weighted by Gasteiger charge is 2.51. The van der Waals surface area contributed by atoms with Crippen LogP contribution in [0.1, 0.15) is 0 Å². The van der Waals surface area contributed by atoms with Crippen molar-refractivity contribution in [3.8, 4) is 0 Å². The van der Waals surface area contributed by atoms with Gasteiger partial charge in [-0.3, -0.25) is 0 Å². The van der Waals surface area contributed by atoms with Gasteiger partial charge in [-0.25, -0.2) is 0 Å². The van der Waals surface area contributed by atoms with E-state index >= 15 is 0 Å². The van der Waals surface area contributed by atoms with Gasteiger partial charge in [-0.05, 0) is 243 Å². The summed E-state index contributed by atoms with van der Waals surface area (Å²) in [6.07, 6.45) is 0. The molecule has 0 unspecified atom stereocenters. The molecular weight excluding hydrogens is 1510 g/mol. The highest BCUT2D eigenvalue weighted by Crippen LogP contribution is 2.58. The lowest BCUT2D eigenvalue weighted by atomic mass is 10.3. The van der Waals surface area contributed by atoms with Crippen molar-refractivity contribution in [2.45, 2.75) is 0 Å². The van der Waals surface area contributed by atoms with Gasteiger partial charge < -0.3 is 28.2 Å². The van der Waals surface area contributed by atoms with Gasteiger partial charge in [0.25, 0.3) is 0 Å². The minimum atomic E-state index is -5.61. The Hall–Kier alpha value is -9.54. The van der Waals surface area contributed by atoms with Crippen molar-refractivity contribution in [3.05, 3.63) is 481 Å². The zero-order valence-electron chi connectivity index (χ0n) is 59.3. The lowest BCUT2D eigenvalue weighted by molar-refractivity contribution is -0.624. The van der Waals surface area contributed by atoms with E-state index in [4.69, 9.17) is 65.6 Å². The fourth-order valence-electron chi connectivity index (χ4n) is 14.1. The Labute approximate surface area is 664 Å². The Bertz CT molecular complexity index is 4280. The number of rotatable bonds is 16. The molecule has 13 heteroatoms. The Morgan fingerprint density at radius 3 is 0.284 bits per heavy atom. The lowest BCUT2D eigenvalue weighted by Gasteiger charge is -2.67. The zero-order valence-corrected chi connectivity index (χ0v) is 66.9. The molecule has 0 saturated heterocycles. The summed E-state index contributed by atoms with van der Waals surface area (Å²) >= 11 is 24.8. The van der Waals surface area contributed by atoms with Gasteiger partial charge >= 0.3 is 0 Å². The number of benzene rings is 16. The molecule has 0 aliphatic rings. The average molecular weight is 1590 g/mol. The van der Waals surface area contributed by atoms with Gasteiger partial charge in [-0.1, -0.05) is 265 Å². The first-order valence-electron chi connectivity index (χ1n) is 35.4.